The molecule has 0 saturated carbocycles. The van der Waals surface area contributed by atoms with Crippen molar-refractivity contribution in [3.8, 4) is 0 Å². The van der Waals surface area contributed by atoms with Crippen LogP contribution in [0.5, 0.6) is 0 Å². The van der Waals surface area contributed by atoms with E-state index in [0.717, 1.165) is 6.42 Å². The Morgan fingerprint density at radius 1 is 1.57 bits per heavy atom. The maximum Gasteiger partial charge on any atom is 0.221 e. The van der Waals surface area contributed by atoms with Gasteiger partial charge in [0.1, 0.15) is 0 Å². The maximum absolute atomic E-state index is 11.4. The van der Waals surface area contributed by atoms with Crippen LogP contribution in [-0.4, -0.2) is 29.2 Å². The molecule has 0 spiro atoms. The summed E-state index contributed by atoms with van der Waals surface area (Å²) in [5, 5.41) is 11.6. The van der Waals surface area contributed by atoms with Gasteiger partial charge in [0.25, 0.3) is 0 Å². The highest BCUT2D eigenvalue weighted by molar-refractivity contribution is 5.77. The number of carbonyl (C=O) groups excluding carboxylic acids is 1. The van der Waals surface area contributed by atoms with Crippen molar-refractivity contribution in [3.63, 3.8) is 0 Å². The monoisotopic (exact) mass is 202 g/mol. The Bertz CT molecular complexity index is 181. The average molecular weight is 202 g/mol. The molecule has 0 heterocycles. The van der Waals surface area contributed by atoms with Gasteiger partial charge in [0, 0.05) is 24.6 Å². The first-order valence-electron chi connectivity index (χ1n) is 5.08. The highest BCUT2D eigenvalue weighted by Crippen LogP contribution is 2.07. The molecule has 0 saturated heterocycles. The molecule has 0 rings (SSSR count). The Morgan fingerprint density at radius 2 is 2.14 bits per heavy atom. The summed E-state index contributed by atoms with van der Waals surface area (Å²) in [4.78, 5) is 11.4. The second-order valence-corrected chi connectivity index (χ2v) is 4.28. The van der Waals surface area contributed by atoms with E-state index in [-0.39, 0.29) is 24.1 Å². The first kappa shape index (κ1) is 13.4. The summed E-state index contributed by atoms with van der Waals surface area (Å²) in [7, 11) is 0. The minimum absolute atomic E-state index is 0.0437. The SMILES string of the molecule is CCC(N)CC(=O)NC(C)(C)CCO. The van der Waals surface area contributed by atoms with Crippen molar-refractivity contribution >= 4 is 5.91 Å². The molecule has 0 aliphatic rings. The summed E-state index contributed by atoms with van der Waals surface area (Å²) in [6.07, 6.45) is 1.71. The van der Waals surface area contributed by atoms with Gasteiger partial charge in [-0.3, -0.25) is 4.79 Å². The molecule has 4 N–H and O–H groups in total. The van der Waals surface area contributed by atoms with Gasteiger partial charge in [-0.15, -0.1) is 0 Å². The van der Waals surface area contributed by atoms with E-state index in [1.807, 2.05) is 20.8 Å². The van der Waals surface area contributed by atoms with Gasteiger partial charge in [0.2, 0.25) is 5.91 Å². The van der Waals surface area contributed by atoms with E-state index in [0.29, 0.717) is 12.8 Å². The number of hydrogen-bond acceptors (Lipinski definition) is 3. The van der Waals surface area contributed by atoms with E-state index in [9.17, 15) is 4.79 Å². The quantitative estimate of drug-likeness (QED) is 0.583. The Labute approximate surface area is 85.9 Å². The van der Waals surface area contributed by atoms with Gasteiger partial charge in [-0.1, -0.05) is 6.92 Å². The van der Waals surface area contributed by atoms with Gasteiger partial charge in [0.15, 0.2) is 0 Å². The molecule has 0 bridgehead atoms. The van der Waals surface area contributed by atoms with Crippen LogP contribution in [0, 0.1) is 0 Å². The topological polar surface area (TPSA) is 75.4 Å². The largest absolute Gasteiger partial charge is 0.396 e. The second-order valence-electron chi connectivity index (χ2n) is 4.28. The van der Waals surface area contributed by atoms with Crippen LogP contribution in [0.4, 0.5) is 0 Å². The summed E-state index contributed by atoms with van der Waals surface area (Å²) in [5.41, 5.74) is 5.31. The molecule has 1 amide bonds. The Kier molecular flexibility index (Phi) is 5.72. The van der Waals surface area contributed by atoms with E-state index in [1.54, 1.807) is 0 Å². The first-order valence-corrected chi connectivity index (χ1v) is 5.08. The number of nitrogens with one attached hydrogen (secondary N) is 1. The van der Waals surface area contributed by atoms with E-state index >= 15 is 0 Å². The molecule has 4 nitrogen and oxygen atoms in total. The molecule has 4 heteroatoms. The molecule has 0 aromatic heterocycles. The highest BCUT2D eigenvalue weighted by atomic mass is 16.3. The summed E-state index contributed by atoms with van der Waals surface area (Å²) >= 11 is 0. The molecule has 0 aromatic carbocycles. The standard InChI is InChI=1S/C10H22N2O2/c1-4-8(11)7-9(14)12-10(2,3)5-6-13/h8,13H,4-7,11H2,1-3H3,(H,12,14). The van der Waals surface area contributed by atoms with Gasteiger partial charge < -0.3 is 16.2 Å². The van der Waals surface area contributed by atoms with Crippen molar-refractivity contribution < 1.29 is 9.90 Å². The van der Waals surface area contributed by atoms with Crippen molar-refractivity contribution in [2.75, 3.05) is 6.61 Å². The lowest BCUT2D eigenvalue weighted by Crippen LogP contribution is -2.45. The summed E-state index contributed by atoms with van der Waals surface area (Å²) in [5.74, 6) is -0.0437. The van der Waals surface area contributed by atoms with Gasteiger partial charge in [-0.05, 0) is 26.7 Å². The third-order valence-electron chi connectivity index (χ3n) is 2.19. The second kappa shape index (κ2) is 5.98. The number of carbonyl (C=O) groups is 1. The zero-order chi connectivity index (χ0) is 11.2. The Morgan fingerprint density at radius 3 is 2.57 bits per heavy atom. The Balaban J connectivity index is 3.92. The molecule has 1 unspecified atom stereocenters. The van der Waals surface area contributed by atoms with Crippen molar-refractivity contribution in [1.82, 2.24) is 5.32 Å². The van der Waals surface area contributed by atoms with Gasteiger partial charge in [0.05, 0.1) is 0 Å². The predicted molar refractivity (Wildman–Crippen MR) is 56.8 cm³/mol. The molecule has 0 aliphatic heterocycles. The fourth-order valence-electron chi connectivity index (χ4n) is 1.15. The average Bonchev–Trinajstić information content (AvgIpc) is 2.02. The number of aliphatic hydroxyl groups excluding tert-OH is 1. The number of amides is 1. The third-order valence-corrected chi connectivity index (χ3v) is 2.19. The summed E-state index contributed by atoms with van der Waals surface area (Å²) in [6, 6.07) is -0.0695. The molecule has 0 radical (unpaired) electrons. The molecule has 0 aliphatic carbocycles. The molecule has 0 aromatic rings. The molecule has 1 atom stereocenters. The van der Waals surface area contributed by atoms with E-state index in [1.165, 1.54) is 0 Å². The molecular formula is C10H22N2O2. The normalized spacial score (nSPS) is 13.8. The molecular weight excluding hydrogens is 180 g/mol. The van der Waals surface area contributed by atoms with E-state index in [2.05, 4.69) is 5.32 Å². The molecule has 84 valence electrons. The van der Waals surface area contributed by atoms with Gasteiger partial charge in [-0.2, -0.15) is 0 Å². The number of nitrogens with two attached hydrogens (primary N) is 1. The smallest absolute Gasteiger partial charge is 0.221 e. The van der Waals surface area contributed by atoms with Crippen LogP contribution in [-0.2, 0) is 4.79 Å². The number of aliphatic hydroxyl groups is 1. The highest BCUT2D eigenvalue weighted by Gasteiger charge is 2.20. The Hall–Kier alpha value is -0.610. The van der Waals surface area contributed by atoms with E-state index < -0.39 is 0 Å². The lowest BCUT2D eigenvalue weighted by molar-refractivity contribution is -0.123. The van der Waals surface area contributed by atoms with Crippen LogP contribution in [0.15, 0.2) is 0 Å². The molecule has 0 fully saturated rings. The van der Waals surface area contributed by atoms with Crippen LogP contribution in [0.1, 0.15) is 40.0 Å². The minimum Gasteiger partial charge on any atom is -0.396 e. The lowest BCUT2D eigenvalue weighted by atomic mass is 10.0. The van der Waals surface area contributed by atoms with Crippen LogP contribution in [0.2, 0.25) is 0 Å². The summed E-state index contributed by atoms with van der Waals surface area (Å²) < 4.78 is 0. The zero-order valence-electron chi connectivity index (χ0n) is 9.34. The van der Waals surface area contributed by atoms with Crippen LogP contribution in [0.25, 0.3) is 0 Å². The van der Waals surface area contributed by atoms with Gasteiger partial charge >= 0.3 is 0 Å². The number of hydrogen-bond donors (Lipinski definition) is 3. The summed E-state index contributed by atoms with van der Waals surface area (Å²) in [6.45, 7) is 5.81. The van der Waals surface area contributed by atoms with Crippen LogP contribution < -0.4 is 11.1 Å². The first-order chi connectivity index (χ1) is 6.41. The minimum atomic E-state index is -0.348. The maximum atomic E-state index is 11.4. The number of rotatable bonds is 6. The van der Waals surface area contributed by atoms with Crippen LogP contribution in [0.3, 0.4) is 0 Å². The predicted octanol–water partition coefficient (Wildman–Crippen LogP) is 0.391. The lowest BCUT2D eigenvalue weighted by Gasteiger charge is -2.26. The van der Waals surface area contributed by atoms with Crippen molar-refractivity contribution in [3.05, 3.63) is 0 Å². The fraction of sp³-hybridized carbons (Fsp3) is 0.900. The van der Waals surface area contributed by atoms with Crippen molar-refractivity contribution in [2.24, 2.45) is 5.73 Å². The van der Waals surface area contributed by atoms with Crippen molar-refractivity contribution in [2.45, 2.75) is 51.6 Å². The van der Waals surface area contributed by atoms with Crippen molar-refractivity contribution in [1.29, 1.82) is 0 Å². The zero-order valence-corrected chi connectivity index (χ0v) is 9.34. The van der Waals surface area contributed by atoms with Gasteiger partial charge in [-0.25, -0.2) is 0 Å². The fourth-order valence-corrected chi connectivity index (χ4v) is 1.15. The third kappa shape index (κ3) is 5.94. The van der Waals surface area contributed by atoms with E-state index in [4.69, 9.17) is 10.8 Å². The molecule has 14 heavy (non-hydrogen) atoms. The van der Waals surface area contributed by atoms with Crippen LogP contribution >= 0.6 is 0 Å².